The van der Waals surface area contributed by atoms with Crippen molar-refractivity contribution in [3.63, 3.8) is 0 Å². The molecule has 0 radical (unpaired) electrons. The summed E-state index contributed by atoms with van der Waals surface area (Å²) in [6.45, 7) is 7.49. The number of hydrogen-bond donors (Lipinski definition) is 0. The van der Waals surface area contributed by atoms with Crippen molar-refractivity contribution >= 4 is 5.43 Å². The van der Waals surface area contributed by atoms with Gasteiger partial charge in [0.1, 0.15) is 0 Å². The van der Waals surface area contributed by atoms with Gasteiger partial charge in [0.25, 0.3) is 0 Å². The van der Waals surface area contributed by atoms with E-state index in [9.17, 15) is 0 Å². The molecule has 0 fully saturated rings. The van der Waals surface area contributed by atoms with Crippen molar-refractivity contribution in [3.8, 4) is 11.1 Å². The SMILES string of the molecule is CC1=[C]([Zr]([CH]2c3ccccc3-c3ccccc32)=[Si](C)C)CC=C1. The van der Waals surface area contributed by atoms with Crippen LogP contribution in [0.1, 0.15) is 28.1 Å². The summed E-state index contributed by atoms with van der Waals surface area (Å²) in [7, 11) is 0. The van der Waals surface area contributed by atoms with E-state index in [1.165, 1.54) is 17.5 Å². The van der Waals surface area contributed by atoms with Crippen LogP contribution in [-0.2, 0) is 20.4 Å². The summed E-state index contributed by atoms with van der Waals surface area (Å²) >= 11 is -1.73. The summed E-state index contributed by atoms with van der Waals surface area (Å²) in [4.78, 5) is 0. The van der Waals surface area contributed by atoms with Gasteiger partial charge in [0.05, 0.1) is 0 Å². The van der Waals surface area contributed by atoms with Crippen LogP contribution in [0.5, 0.6) is 0 Å². The molecule has 0 unspecified atom stereocenters. The topological polar surface area (TPSA) is 0 Å². The molecule has 0 atom stereocenters. The molecule has 4 rings (SSSR count). The normalized spacial score (nSPS) is 15.8. The van der Waals surface area contributed by atoms with Crippen molar-refractivity contribution in [1.82, 2.24) is 0 Å². The molecule has 2 aromatic carbocycles. The second kappa shape index (κ2) is 6.15. The Kier molecular flexibility index (Phi) is 4.15. The number of fused-ring (bicyclic) bond motifs is 3. The first-order valence-electron chi connectivity index (χ1n) is 8.40. The minimum absolute atomic E-state index is 0.256. The van der Waals surface area contributed by atoms with Crippen molar-refractivity contribution in [2.75, 3.05) is 0 Å². The average Bonchev–Trinajstić information content (AvgIpc) is 3.11. The molecule has 0 heterocycles. The number of allylic oxidation sites excluding steroid dienone is 4. The van der Waals surface area contributed by atoms with Crippen LogP contribution in [0.3, 0.4) is 0 Å². The predicted octanol–water partition coefficient (Wildman–Crippen LogP) is 5.86. The Morgan fingerprint density at radius 2 is 1.48 bits per heavy atom. The van der Waals surface area contributed by atoms with Crippen molar-refractivity contribution in [2.24, 2.45) is 0 Å². The molecule has 0 amide bonds. The first kappa shape index (κ1) is 15.5. The molecule has 2 aromatic rings. The standard InChI is InChI=1S/C13H9.C6H7.C2H6Si.Zr/c1-3-7-12-10(5-1)9-11-6-2-4-8-13(11)12;1-6-4-2-3-5-6;1-3-2;/h1-9H;2,4H,3H2,1H3;1-2H3;. The maximum absolute atomic E-state index is 2.57. The van der Waals surface area contributed by atoms with Crippen LogP contribution in [-0.4, -0.2) is 5.43 Å². The molecule has 0 N–H and O–H groups in total. The summed E-state index contributed by atoms with van der Waals surface area (Å²) in [5.74, 6) is 0. The zero-order chi connectivity index (χ0) is 16.0. The van der Waals surface area contributed by atoms with E-state index in [2.05, 4.69) is 80.7 Å². The van der Waals surface area contributed by atoms with Crippen molar-refractivity contribution in [1.29, 1.82) is 0 Å². The minimum atomic E-state index is -1.73. The summed E-state index contributed by atoms with van der Waals surface area (Å²) in [5.41, 5.74) is 7.58. The number of benzene rings is 2. The van der Waals surface area contributed by atoms with Gasteiger partial charge in [-0.3, -0.25) is 0 Å². The molecular weight excluding hydrogens is 372 g/mol. The third-order valence-electron chi connectivity index (χ3n) is 5.15. The van der Waals surface area contributed by atoms with Gasteiger partial charge >= 0.3 is 148 Å². The number of hydrogen-bond acceptors (Lipinski definition) is 0. The Bertz CT molecular complexity index is 837. The zero-order valence-electron chi connectivity index (χ0n) is 14.1. The van der Waals surface area contributed by atoms with Gasteiger partial charge < -0.3 is 0 Å². The van der Waals surface area contributed by atoms with E-state index in [4.69, 9.17) is 0 Å². The third kappa shape index (κ3) is 2.51. The van der Waals surface area contributed by atoms with Crippen molar-refractivity contribution in [3.05, 3.63) is 80.7 Å². The molecule has 0 nitrogen and oxygen atoms in total. The van der Waals surface area contributed by atoms with Gasteiger partial charge in [-0.05, 0) is 0 Å². The molecule has 0 aliphatic heterocycles. The van der Waals surface area contributed by atoms with E-state index in [1.54, 1.807) is 16.7 Å². The third-order valence-corrected chi connectivity index (χ3v) is 23.7. The summed E-state index contributed by atoms with van der Waals surface area (Å²) in [6, 6.07) is 18.4. The fourth-order valence-electron chi connectivity index (χ4n) is 4.17. The molecule has 2 aliphatic rings. The molecule has 114 valence electrons. The van der Waals surface area contributed by atoms with Crippen molar-refractivity contribution < 1.29 is 20.4 Å². The molecule has 23 heavy (non-hydrogen) atoms. The average molecular weight is 394 g/mol. The Morgan fingerprint density at radius 3 is 1.96 bits per heavy atom. The first-order valence-corrected chi connectivity index (χ1v) is 17.2. The Hall–Kier alpha value is -0.980. The van der Waals surface area contributed by atoms with Gasteiger partial charge in [-0.25, -0.2) is 0 Å². The van der Waals surface area contributed by atoms with Gasteiger partial charge in [-0.2, -0.15) is 0 Å². The van der Waals surface area contributed by atoms with Crippen LogP contribution in [0.15, 0.2) is 69.5 Å². The summed E-state index contributed by atoms with van der Waals surface area (Å²) in [6.07, 6.45) is 5.99. The van der Waals surface area contributed by atoms with Crippen LogP contribution in [0.4, 0.5) is 0 Å². The van der Waals surface area contributed by atoms with Gasteiger partial charge in [-0.15, -0.1) is 0 Å². The van der Waals surface area contributed by atoms with E-state index in [0.717, 1.165) is 3.63 Å². The second-order valence-corrected chi connectivity index (χ2v) is 24.3. The predicted molar refractivity (Wildman–Crippen MR) is 97.7 cm³/mol. The van der Waals surface area contributed by atoms with E-state index < -0.39 is 20.4 Å². The Labute approximate surface area is 147 Å². The molecule has 0 spiro atoms. The molecule has 0 bridgehead atoms. The van der Waals surface area contributed by atoms with Crippen molar-refractivity contribution in [2.45, 2.75) is 30.1 Å². The monoisotopic (exact) mass is 392 g/mol. The molecular formula is C21H22SiZr. The van der Waals surface area contributed by atoms with Crippen LogP contribution < -0.4 is 0 Å². The quantitative estimate of drug-likeness (QED) is 0.561. The Morgan fingerprint density at radius 1 is 0.913 bits per heavy atom. The van der Waals surface area contributed by atoms with Crippen LogP contribution in [0, 0.1) is 0 Å². The number of rotatable bonds is 2. The van der Waals surface area contributed by atoms with E-state index in [-0.39, 0.29) is 5.43 Å². The van der Waals surface area contributed by atoms with E-state index >= 15 is 0 Å². The van der Waals surface area contributed by atoms with Gasteiger partial charge in [0.15, 0.2) is 0 Å². The fraction of sp³-hybridized carbons (Fsp3) is 0.238. The van der Waals surface area contributed by atoms with Gasteiger partial charge in [0, 0.05) is 0 Å². The Balaban J connectivity index is 1.98. The summed E-state index contributed by atoms with van der Waals surface area (Å²) < 4.78 is 2.61. The van der Waals surface area contributed by atoms with Crippen LogP contribution >= 0.6 is 0 Å². The molecule has 2 heteroatoms. The second-order valence-electron chi connectivity index (χ2n) is 6.79. The zero-order valence-corrected chi connectivity index (χ0v) is 17.5. The van der Waals surface area contributed by atoms with E-state index in [0.29, 0.717) is 0 Å². The van der Waals surface area contributed by atoms with E-state index in [1.807, 2.05) is 3.28 Å². The molecule has 0 saturated heterocycles. The maximum atomic E-state index is 2.57. The van der Waals surface area contributed by atoms with Gasteiger partial charge in [0.2, 0.25) is 0 Å². The van der Waals surface area contributed by atoms with Crippen LogP contribution in [0.2, 0.25) is 13.1 Å². The summed E-state index contributed by atoms with van der Waals surface area (Å²) in [5, 5.41) is 0. The molecule has 0 aromatic heterocycles. The van der Waals surface area contributed by atoms with Gasteiger partial charge in [-0.1, -0.05) is 0 Å². The first-order chi connectivity index (χ1) is 11.2. The molecule has 2 aliphatic carbocycles. The molecule has 0 saturated carbocycles. The fourth-order valence-corrected chi connectivity index (χ4v) is 23.4. The van der Waals surface area contributed by atoms with Crippen LogP contribution in [0.25, 0.3) is 11.1 Å².